The van der Waals surface area contributed by atoms with Crippen molar-refractivity contribution < 1.29 is 57.4 Å². The van der Waals surface area contributed by atoms with Crippen molar-refractivity contribution in [2.45, 2.75) is 30.7 Å². The van der Waals surface area contributed by atoms with Crippen LogP contribution < -0.4 is 0 Å². The van der Waals surface area contributed by atoms with Gasteiger partial charge in [-0.2, -0.15) is 0 Å². The summed E-state index contributed by atoms with van der Waals surface area (Å²) < 4.78 is 40.4. The fraction of sp³-hybridized carbons (Fsp3) is 0.526. The number of methoxy groups -OCH3 is 1. The minimum absolute atomic E-state index is 0.163. The number of hydrogen-bond acceptors (Lipinski definition) is 12. The van der Waals surface area contributed by atoms with E-state index in [2.05, 4.69) is 19.7 Å². The molecule has 1 aliphatic rings. The Balaban J connectivity index is 3.18. The summed E-state index contributed by atoms with van der Waals surface area (Å²) in [5.41, 5.74) is 0. The molecular formula is C19H26O12. The largest absolute Gasteiger partial charge is 0.509 e. The summed E-state index contributed by atoms with van der Waals surface area (Å²) in [4.78, 5) is 36.0. The van der Waals surface area contributed by atoms with Crippen molar-refractivity contribution in [1.29, 1.82) is 0 Å². The van der Waals surface area contributed by atoms with E-state index in [1.54, 1.807) is 0 Å². The van der Waals surface area contributed by atoms with Crippen molar-refractivity contribution in [2.24, 2.45) is 0 Å². The van der Waals surface area contributed by atoms with Gasteiger partial charge in [-0.25, -0.2) is 14.4 Å². The van der Waals surface area contributed by atoms with Gasteiger partial charge in [-0.1, -0.05) is 38.0 Å². The number of aliphatic hydroxyl groups excluding tert-OH is 1. The summed E-state index contributed by atoms with van der Waals surface area (Å²) in [5, 5.41) is 9.68. The van der Waals surface area contributed by atoms with Crippen LogP contribution >= 0.6 is 0 Å². The van der Waals surface area contributed by atoms with Gasteiger partial charge >= 0.3 is 18.5 Å². The highest BCUT2D eigenvalue weighted by atomic mass is 16.8. The fourth-order valence-corrected chi connectivity index (χ4v) is 2.43. The minimum atomic E-state index is -1.53. The van der Waals surface area contributed by atoms with Crippen LogP contribution in [0.4, 0.5) is 14.4 Å². The van der Waals surface area contributed by atoms with E-state index in [0.717, 1.165) is 0 Å². The van der Waals surface area contributed by atoms with Crippen LogP contribution in [0.2, 0.25) is 0 Å². The van der Waals surface area contributed by atoms with E-state index in [-0.39, 0.29) is 19.8 Å². The lowest BCUT2D eigenvalue weighted by Gasteiger charge is -2.42. The first-order valence-electron chi connectivity index (χ1n) is 9.03. The van der Waals surface area contributed by atoms with Crippen molar-refractivity contribution in [3.8, 4) is 0 Å². The Kier molecular flexibility index (Phi) is 11.7. The lowest BCUT2D eigenvalue weighted by molar-refractivity contribution is -0.297. The molecule has 1 fully saturated rings. The van der Waals surface area contributed by atoms with Crippen molar-refractivity contribution in [2.75, 3.05) is 33.5 Å². The highest BCUT2D eigenvalue weighted by molar-refractivity contribution is 5.63. The van der Waals surface area contributed by atoms with Crippen LogP contribution in [0, 0.1) is 0 Å². The zero-order valence-electron chi connectivity index (χ0n) is 17.0. The van der Waals surface area contributed by atoms with E-state index in [9.17, 15) is 19.5 Å². The van der Waals surface area contributed by atoms with E-state index < -0.39 is 55.8 Å². The highest BCUT2D eigenvalue weighted by Gasteiger charge is 2.53. The number of hydrogen-bond donors (Lipinski definition) is 1. The predicted octanol–water partition coefficient (Wildman–Crippen LogP) is 1.47. The zero-order valence-corrected chi connectivity index (χ0v) is 17.0. The molecule has 0 spiro atoms. The molecule has 0 aliphatic carbocycles. The maximum absolute atomic E-state index is 12.1. The molecule has 1 saturated heterocycles. The quantitative estimate of drug-likeness (QED) is 0.279. The molecule has 0 aromatic rings. The molecule has 12 nitrogen and oxygen atoms in total. The van der Waals surface area contributed by atoms with Crippen LogP contribution in [0.15, 0.2) is 38.0 Å². The second-order valence-electron chi connectivity index (χ2n) is 5.76. The second kappa shape index (κ2) is 14.0. The molecule has 0 radical (unpaired) electrons. The van der Waals surface area contributed by atoms with Gasteiger partial charge in [0.2, 0.25) is 0 Å². The van der Waals surface area contributed by atoms with E-state index >= 15 is 0 Å². The molecule has 0 amide bonds. The number of aliphatic hydroxyl groups is 1. The van der Waals surface area contributed by atoms with E-state index in [1.165, 1.54) is 25.3 Å². The van der Waals surface area contributed by atoms with Gasteiger partial charge in [0.25, 0.3) is 0 Å². The van der Waals surface area contributed by atoms with Gasteiger partial charge in [0.15, 0.2) is 24.6 Å². The average molecular weight is 446 g/mol. The summed E-state index contributed by atoms with van der Waals surface area (Å²) in [7, 11) is 1.22. The molecule has 0 aromatic heterocycles. The maximum Gasteiger partial charge on any atom is 0.509 e. The Morgan fingerprint density at radius 2 is 1.23 bits per heavy atom. The molecule has 31 heavy (non-hydrogen) atoms. The normalized spacial score (nSPS) is 24.8. The summed E-state index contributed by atoms with van der Waals surface area (Å²) >= 11 is 0. The molecule has 5 atom stereocenters. The molecular weight excluding hydrogens is 420 g/mol. The zero-order chi connectivity index (χ0) is 23.2. The van der Waals surface area contributed by atoms with E-state index in [4.69, 9.17) is 37.9 Å². The molecule has 1 rings (SSSR count). The van der Waals surface area contributed by atoms with E-state index in [1.807, 2.05) is 0 Å². The number of ether oxygens (including phenoxy) is 8. The second-order valence-corrected chi connectivity index (χ2v) is 5.76. The summed E-state index contributed by atoms with van der Waals surface area (Å²) in [5.74, 6) is 0. The molecule has 174 valence electrons. The standard InChI is InChI=1S/C19H26O12/c1-5-8-25-17(21)29-13-12(11-20)28-16(24-4)15(31-19(23)27-10-7-3)14(13)30-18(22)26-9-6-2/h5-7,12-16,20H,1-3,8-11H2,4H3/t12-,13-,14+,15+,16+/m1/s1. The highest BCUT2D eigenvalue weighted by Crippen LogP contribution is 2.29. The van der Waals surface area contributed by atoms with Crippen LogP contribution in [0.5, 0.6) is 0 Å². The molecule has 1 heterocycles. The van der Waals surface area contributed by atoms with Gasteiger partial charge in [0, 0.05) is 7.11 Å². The first kappa shape index (κ1) is 25.9. The molecule has 12 heteroatoms. The molecule has 0 unspecified atom stereocenters. The van der Waals surface area contributed by atoms with Gasteiger partial charge in [-0.05, 0) is 0 Å². The molecule has 0 aromatic carbocycles. The van der Waals surface area contributed by atoms with Gasteiger partial charge in [-0.15, -0.1) is 0 Å². The Bertz CT molecular complexity index is 593. The number of carbonyl (C=O) groups is 3. The SMILES string of the molecule is C=CCOC(=O)O[C@@H]1[C@H](OC(=O)OCC=C)[C@@H](OC)O[C@H](CO)[C@H]1OC(=O)OCC=C. The molecule has 1 aliphatic heterocycles. The Hall–Kier alpha value is -3.09. The Labute approximate surface area is 178 Å². The van der Waals surface area contributed by atoms with Crippen molar-refractivity contribution in [3.63, 3.8) is 0 Å². The molecule has 0 bridgehead atoms. The third-order valence-corrected chi connectivity index (χ3v) is 3.66. The lowest BCUT2D eigenvalue weighted by atomic mass is 9.98. The van der Waals surface area contributed by atoms with Gasteiger partial charge in [0.1, 0.15) is 25.9 Å². The van der Waals surface area contributed by atoms with Crippen molar-refractivity contribution in [3.05, 3.63) is 38.0 Å². The average Bonchev–Trinajstić information content (AvgIpc) is 2.76. The van der Waals surface area contributed by atoms with Crippen LogP contribution in [-0.4, -0.2) is 87.8 Å². The smallest absolute Gasteiger partial charge is 0.430 e. The monoisotopic (exact) mass is 446 g/mol. The summed E-state index contributed by atoms with van der Waals surface area (Å²) in [6, 6.07) is 0. The molecule has 1 N–H and O–H groups in total. The van der Waals surface area contributed by atoms with Crippen LogP contribution in [0.25, 0.3) is 0 Å². The minimum Gasteiger partial charge on any atom is -0.430 e. The maximum atomic E-state index is 12.1. The van der Waals surface area contributed by atoms with Crippen LogP contribution in [0.3, 0.4) is 0 Å². The van der Waals surface area contributed by atoms with Gasteiger partial charge < -0.3 is 43.0 Å². The third kappa shape index (κ3) is 8.28. The van der Waals surface area contributed by atoms with Crippen molar-refractivity contribution >= 4 is 18.5 Å². The van der Waals surface area contributed by atoms with Crippen LogP contribution in [0.1, 0.15) is 0 Å². The molecule has 0 saturated carbocycles. The first-order chi connectivity index (χ1) is 14.9. The fourth-order valence-electron chi connectivity index (χ4n) is 2.43. The Morgan fingerprint density at radius 3 is 1.61 bits per heavy atom. The van der Waals surface area contributed by atoms with Crippen molar-refractivity contribution in [1.82, 2.24) is 0 Å². The number of rotatable bonds is 11. The van der Waals surface area contributed by atoms with Gasteiger partial charge in [-0.3, -0.25) is 0 Å². The van der Waals surface area contributed by atoms with E-state index in [0.29, 0.717) is 0 Å². The van der Waals surface area contributed by atoms with Gasteiger partial charge in [0.05, 0.1) is 6.61 Å². The Morgan fingerprint density at radius 1 is 0.806 bits per heavy atom. The lowest BCUT2D eigenvalue weighted by Crippen LogP contribution is -2.62. The first-order valence-corrected chi connectivity index (χ1v) is 9.03. The van der Waals surface area contributed by atoms with Crippen LogP contribution in [-0.2, 0) is 37.9 Å². The number of carbonyl (C=O) groups excluding carboxylic acids is 3. The predicted molar refractivity (Wildman–Crippen MR) is 102 cm³/mol. The third-order valence-electron chi connectivity index (χ3n) is 3.66. The topological polar surface area (TPSA) is 145 Å². The summed E-state index contributed by atoms with van der Waals surface area (Å²) in [6.07, 6.45) is -6.68. The summed E-state index contributed by atoms with van der Waals surface area (Å²) in [6.45, 7) is 9.02.